The summed E-state index contributed by atoms with van der Waals surface area (Å²) in [5, 5.41) is 12.5. The van der Waals surface area contributed by atoms with E-state index in [0.29, 0.717) is 5.41 Å². The molecular weight excluding hydrogens is 152 g/mol. The van der Waals surface area contributed by atoms with Crippen LogP contribution in [0, 0.1) is 5.41 Å². The van der Waals surface area contributed by atoms with Crippen molar-refractivity contribution in [3.8, 4) is 0 Å². The summed E-state index contributed by atoms with van der Waals surface area (Å²) in [5.74, 6) is 0. The van der Waals surface area contributed by atoms with E-state index in [1.54, 1.807) is 0 Å². The predicted octanol–water partition coefficient (Wildman–Crippen LogP) is 0.797. The van der Waals surface area contributed by atoms with Crippen molar-refractivity contribution in [3.63, 3.8) is 0 Å². The van der Waals surface area contributed by atoms with E-state index in [9.17, 15) is 5.11 Å². The highest BCUT2D eigenvalue weighted by Crippen LogP contribution is 2.52. The van der Waals surface area contributed by atoms with Crippen molar-refractivity contribution in [3.05, 3.63) is 0 Å². The van der Waals surface area contributed by atoms with Gasteiger partial charge in [-0.2, -0.15) is 0 Å². The van der Waals surface area contributed by atoms with E-state index in [0.717, 1.165) is 13.0 Å². The molecule has 0 atom stereocenters. The molecule has 2 aliphatic rings. The van der Waals surface area contributed by atoms with Crippen LogP contribution in [0.3, 0.4) is 0 Å². The highest BCUT2D eigenvalue weighted by Gasteiger charge is 2.47. The molecule has 1 aliphatic carbocycles. The Labute approximate surface area is 73.7 Å². The molecule has 0 aromatic carbocycles. The Morgan fingerprint density at radius 1 is 1.33 bits per heavy atom. The fraction of sp³-hybridized carbons (Fsp3) is 1.00. The number of hydrazine groups is 1. The molecule has 1 spiro atoms. The van der Waals surface area contributed by atoms with Gasteiger partial charge in [-0.3, -0.25) is 5.43 Å². The summed E-state index contributed by atoms with van der Waals surface area (Å²) in [5.41, 5.74) is 4.01. The van der Waals surface area contributed by atoms with Gasteiger partial charge in [0.25, 0.3) is 0 Å². The first-order valence-corrected chi connectivity index (χ1v) is 4.91. The molecule has 1 saturated heterocycles. The highest BCUT2D eigenvalue weighted by molar-refractivity contribution is 4.99. The minimum absolute atomic E-state index is 0.0476. The van der Waals surface area contributed by atoms with Gasteiger partial charge in [0.2, 0.25) is 0 Å². The summed E-state index contributed by atoms with van der Waals surface area (Å²) in [6, 6.07) is 0. The minimum Gasteiger partial charge on any atom is -0.255 e. The third-order valence-electron chi connectivity index (χ3n) is 3.05. The second-order valence-electron chi connectivity index (χ2n) is 4.14. The number of nitrogens with one attached hydrogen (secondary N) is 1. The summed E-state index contributed by atoms with van der Waals surface area (Å²) < 4.78 is 0. The summed E-state index contributed by atoms with van der Waals surface area (Å²) >= 11 is 0. The molecule has 1 aliphatic heterocycles. The maximum atomic E-state index is 10.2. The smallest absolute Gasteiger partial charge is 0.0835 e. The first-order valence-electron chi connectivity index (χ1n) is 4.91. The summed E-state index contributed by atoms with van der Waals surface area (Å²) in [7, 11) is 0. The van der Waals surface area contributed by atoms with Gasteiger partial charge in [-0.05, 0) is 31.1 Å². The lowest BCUT2D eigenvalue weighted by Crippen LogP contribution is -2.37. The summed E-state index contributed by atoms with van der Waals surface area (Å²) in [6.07, 6.45) is 4.96. The van der Waals surface area contributed by atoms with Gasteiger partial charge < -0.3 is 0 Å². The molecule has 1 heterocycles. The monoisotopic (exact) mass is 169 g/mol. The standard InChI is InChI=1S/C9H17N2O/c12-7-1-5-10-11-6-4-9(8-11)2-3-9/h10H,1-8H2. The van der Waals surface area contributed by atoms with E-state index in [2.05, 4.69) is 10.4 Å². The quantitative estimate of drug-likeness (QED) is 0.632. The van der Waals surface area contributed by atoms with Crippen molar-refractivity contribution in [2.45, 2.75) is 25.7 Å². The molecule has 0 amide bonds. The number of rotatable bonds is 4. The van der Waals surface area contributed by atoms with Crippen molar-refractivity contribution in [1.82, 2.24) is 10.4 Å². The minimum atomic E-state index is 0.0476. The van der Waals surface area contributed by atoms with E-state index in [1.807, 2.05) is 0 Å². The molecule has 0 aromatic rings. The van der Waals surface area contributed by atoms with Crippen molar-refractivity contribution < 1.29 is 5.11 Å². The van der Waals surface area contributed by atoms with Crippen LogP contribution in [-0.2, 0) is 5.11 Å². The van der Waals surface area contributed by atoms with Gasteiger partial charge >= 0.3 is 0 Å². The Kier molecular flexibility index (Phi) is 2.35. The highest BCUT2D eigenvalue weighted by atomic mass is 16.3. The van der Waals surface area contributed by atoms with Crippen LogP contribution < -0.4 is 5.43 Å². The molecule has 0 unspecified atom stereocenters. The molecule has 2 rings (SSSR count). The summed E-state index contributed by atoms with van der Waals surface area (Å²) in [6.45, 7) is 3.30. The maximum absolute atomic E-state index is 10.2. The zero-order valence-electron chi connectivity index (χ0n) is 7.51. The molecule has 0 aromatic heterocycles. The van der Waals surface area contributed by atoms with Crippen LogP contribution in [-0.4, -0.2) is 31.3 Å². The van der Waals surface area contributed by atoms with Crippen molar-refractivity contribution in [1.29, 1.82) is 0 Å². The van der Waals surface area contributed by atoms with Gasteiger partial charge in [0.05, 0.1) is 6.61 Å². The molecule has 1 radical (unpaired) electrons. The number of nitrogens with zero attached hydrogens (tertiary/aromatic N) is 1. The number of hydrogen-bond acceptors (Lipinski definition) is 2. The van der Waals surface area contributed by atoms with Crippen molar-refractivity contribution in [2.75, 3.05) is 26.2 Å². The fourth-order valence-electron chi connectivity index (χ4n) is 1.96. The fourth-order valence-corrected chi connectivity index (χ4v) is 1.96. The zero-order chi connectivity index (χ0) is 8.44. The Morgan fingerprint density at radius 3 is 2.75 bits per heavy atom. The molecule has 3 nitrogen and oxygen atoms in total. The van der Waals surface area contributed by atoms with Gasteiger partial charge in [-0.15, -0.1) is 0 Å². The largest absolute Gasteiger partial charge is 0.255 e. The lowest BCUT2D eigenvalue weighted by molar-refractivity contribution is 0.167. The average molecular weight is 169 g/mol. The third kappa shape index (κ3) is 1.79. The second-order valence-corrected chi connectivity index (χ2v) is 4.14. The van der Waals surface area contributed by atoms with Gasteiger partial charge in [0.1, 0.15) is 0 Å². The average Bonchev–Trinajstić information content (AvgIpc) is 2.68. The predicted molar refractivity (Wildman–Crippen MR) is 46.0 cm³/mol. The molecule has 1 saturated carbocycles. The van der Waals surface area contributed by atoms with Crippen molar-refractivity contribution >= 4 is 0 Å². The molecule has 1 N–H and O–H groups in total. The summed E-state index contributed by atoms with van der Waals surface area (Å²) in [4.78, 5) is 0. The van der Waals surface area contributed by atoms with Gasteiger partial charge in [-0.1, -0.05) is 0 Å². The van der Waals surface area contributed by atoms with Crippen LogP contribution in [0.1, 0.15) is 25.7 Å². The number of hydrogen-bond donors (Lipinski definition) is 1. The lowest BCUT2D eigenvalue weighted by atomic mass is 10.1. The molecule has 0 bridgehead atoms. The molecule has 2 fully saturated rings. The second kappa shape index (κ2) is 3.32. The van der Waals surface area contributed by atoms with E-state index < -0.39 is 0 Å². The lowest BCUT2D eigenvalue weighted by Gasteiger charge is -2.16. The van der Waals surface area contributed by atoms with Crippen LogP contribution in [0.4, 0.5) is 0 Å². The maximum Gasteiger partial charge on any atom is 0.0835 e. The van der Waals surface area contributed by atoms with Crippen LogP contribution in [0.5, 0.6) is 0 Å². The van der Waals surface area contributed by atoms with E-state index in [4.69, 9.17) is 0 Å². The van der Waals surface area contributed by atoms with Crippen molar-refractivity contribution in [2.24, 2.45) is 5.41 Å². The molecule has 12 heavy (non-hydrogen) atoms. The zero-order valence-corrected chi connectivity index (χ0v) is 7.51. The van der Waals surface area contributed by atoms with Crippen LogP contribution in [0.25, 0.3) is 0 Å². The van der Waals surface area contributed by atoms with Crippen LogP contribution in [0.2, 0.25) is 0 Å². The van der Waals surface area contributed by atoms with E-state index in [-0.39, 0.29) is 6.61 Å². The van der Waals surface area contributed by atoms with Crippen LogP contribution >= 0.6 is 0 Å². The topological polar surface area (TPSA) is 35.2 Å². The Hall–Kier alpha value is -0.120. The SMILES string of the molecule is [O]CCCNN1CCC2(CC2)C1. The first-order chi connectivity index (χ1) is 5.85. The van der Waals surface area contributed by atoms with Gasteiger partial charge in [0.15, 0.2) is 0 Å². The van der Waals surface area contributed by atoms with E-state index >= 15 is 0 Å². The third-order valence-corrected chi connectivity index (χ3v) is 3.05. The first kappa shape index (κ1) is 8.48. The van der Waals surface area contributed by atoms with E-state index in [1.165, 1.54) is 32.4 Å². The van der Waals surface area contributed by atoms with Gasteiger partial charge in [0, 0.05) is 19.6 Å². The normalized spacial score (nSPS) is 26.8. The molecule has 3 heteroatoms. The Bertz CT molecular complexity index is 157. The van der Waals surface area contributed by atoms with Gasteiger partial charge in [-0.25, -0.2) is 10.1 Å². The van der Waals surface area contributed by atoms with Crippen LogP contribution in [0.15, 0.2) is 0 Å². The Balaban J connectivity index is 1.63. The Morgan fingerprint density at radius 2 is 2.17 bits per heavy atom. The molecule has 69 valence electrons. The molecular formula is C9H17N2O.